The van der Waals surface area contributed by atoms with E-state index in [1.807, 2.05) is 49.1 Å². The molecule has 25 heavy (non-hydrogen) atoms. The molecule has 1 fully saturated rings. The Morgan fingerprint density at radius 3 is 2.80 bits per heavy atom. The standard InChI is InChI=1S/C20H19ClN2O2/c1-12-9-16-13(2)18(25-19(16)17(21)10-12)20(24)23(15-6-7-15)11-14-5-3-4-8-22-14/h3-5,8-10,15H,6-7,11H2,1-2H3. The molecule has 0 radical (unpaired) electrons. The van der Waals surface area contributed by atoms with Crippen molar-refractivity contribution in [2.45, 2.75) is 39.3 Å². The van der Waals surface area contributed by atoms with Crippen molar-refractivity contribution in [1.82, 2.24) is 9.88 Å². The molecule has 2 aromatic heterocycles. The van der Waals surface area contributed by atoms with Crippen LogP contribution in [0.4, 0.5) is 0 Å². The van der Waals surface area contributed by atoms with Crippen molar-refractivity contribution in [1.29, 1.82) is 0 Å². The van der Waals surface area contributed by atoms with Crippen molar-refractivity contribution in [3.63, 3.8) is 0 Å². The number of carbonyl (C=O) groups excluding carboxylic acids is 1. The molecule has 0 atom stereocenters. The fourth-order valence-corrected chi connectivity index (χ4v) is 3.48. The van der Waals surface area contributed by atoms with Crippen LogP contribution in [0.3, 0.4) is 0 Å². The number of benzene rings is 1. The molecular formula is C20H19ClN2O2. The number of amides is 1. The van der Waals surface area contributed by atoms with Crippen molar-refractivity contribution < 1.29 is 9.21 Å². The Hall–Kier alpha value is -2.33. The van der Waals surface area contributed by atoms with Crippen LogP contribution in [0.1, 0.15) is 40.2 Å². The van der Waals surface area contributed by atoms with E-state index in [0.717, 1.165) is 35.0 Å². The summed E-state index contributed by atoms with van der Waals surface area (Å²) in [6.07, 6.45) is 3.80. The number of hydrogen-bond donors (Lipinski definition) is 0. The van der Waals surface area contributed by atoms with E-state index in [1.54, 1.807) is 6.20 Å². The minimum absolute atomic E-state index is 0.0874. The molecule has 3 aromatic rings. The average molecular weight is 355 g/mol. The van der Waals surface area contributed by atoms with Crippen LogP contribution in [0, 0.1) is 13.8 Å². The van der Waals surface area contributed by atoms with Crippen LogP contribution in [-0.4, -0.2) is 21.8 Å². The molecular weight excluding hydrogens is 336 g/mol. The van der Waals surface area contributed by atoms with Gasteiger partial charge >= 0.3 is 0 Å². The molecule has 128 valence electrons. The zero-order valence-electron chi connectivity index (χ0n) is 14.3. The molecule has 0 aliphatic heterocycles. The van der Waals surface area contributed by atoms with E-state index in [9.17, 15) is 4.79 Å². The highest BCUT2D eigenvalue weighted by Gasteiger charge is 2.35. The first kappa shape index (κ1) is 16.2. The van der Waals surface area contributed by atoms with Gasteiger partial charge in [0.25, 0.3) is 5.91 Å². The quantitative estimate of drug-likeness (QED) is 0.669. The molecule has 0 unspecified atom stereocenters. The number of carbonyl (C=O) groups is 1. The second-order valence-electron chi connectivity index (χ2n) is 6.66. The molecule has 0 N–H and O–H groups in total. The fraction of sp³-hybridized carbons (Fsp3) is 0.300. The summed E-state index contributed by atoms with van der Waals surface area (Å²) in [7, 11) is 0. The van der Waals surface area contributed by atoms with E-state index in [1.165, 1.54) is 0 Å². The third-order valence-corrected chi connectivity index (χ3v) is 4.92. The van der Waals surface area contributed by atoms with Gasteiger partial charge in [0.1, 0.15) is 0 Å². The van der Waals surface area contributed by atoms with E-state index >= 15 is 0 Å². The zero-order chi connectivity index (χ0) is 17.6. The molecule has 1 aliphatic rings. The minimum atomic E-state index is -0.0874. The average Bonchev–Trinajstić information content (AvgIpc) is 3.38. The Bertz CT molecular complexity index is 945. The van der Waals surface area contributed by atoms with Crippen LogP contribution < -0.4 is 0 Å². The van der Waals surface area contributed by atoms with E-state index in [-0.39, 0.29) is 11.9 Å². The zero-order valence-corrected chi connectivity index (χ0v) is 15.0. The number of aryl methyl sites for hydroxylation is 2. The lowest BCUT2D eigenvalue weighted by Gasteiger charge is -2.21. The molecule has 4 rings (SSSR count). The number of hydrogen-bond acceptors (Lipinski definition) is 3. The first-order valence-corrected chi connectivity index (χ1v) is 8.82. The van der Waals surface area contributed by atoms with Gasteiger partial charge in [0.15, 0.2) is 11.3 Å². The Balaban J connectivity index is 1.72. The van der Waals surface area contributed by atoms with E-state index in [2.05, 4.69) is 4.98 Å². The smallest absolute Gasteiger partial charge is 0.290 e. The number of aromatic nitrogens is 1. The summed E-state index contributed by atoms with van der Waals surface area (Å²) in [5, 5.41) is 1.45. The monoisotopic (exact) mass is 354 g/mol. The van der Waals surface area contributed by atoms with Gasteiger partial charge in [-0.05, 0) is 56.5 Å². The SMILES string of the molecule is Cc1cc(Cl)c2oc(C(=O)N(Cc3ccccn3)C3CC3)c(C)c2c1. The Labute approximate surface area is 151 Å². The Morgan fingerprint density at radius 2 is 2.12 bits per heavy atom. The molecule has 1 aromatic carbocycles. The van der Waals surface area contributed by atoms with Crippen molar-refractivity contribution in [3.05, 3.63) is 64.1 Å². The van der Waals surface area contributed by atoms with E-state index < -0.39 is 0 Å². The summed E-state index contributed by atoms with van der Waals surface area (Å²) in [6.45, 7) is 4.39. The van der Waals surface area contributed by atoms with Gasteiger partial charge in [-0.1, -0.05) is 17.7 Å². The second kappa shape index (κ2) is 6.19. The molecule has 2 heterocycles. The normalized spacial score (nSPS) is 14.0. The largest absolute Gasteiger partial charge is 0.449 e. The van der Waals surface area contributed by atoms with Crippen LogP contribution in [-0.2, 0) is 6.54 Å². The minimum Gasteiger partial charge on any atom is -0.449 e. The molecule has 4 nitrogen and oxygen atoms in total. The Kier molecular flexibility index (Phi) is 4.00. The first-order valence-electron chi connectivity index (χ1n) is 8.44. The maximum absolute atomic E-state index is 13.2. The maximum atomic E-state index is 13.2. The number of halogens is 1. The highest BCUT2D eigenvalue weighted by Crippen LogP contribution is 2.35. The molecule has 1 saturated carbocycles. The number of fused-ring (bicyclic) bond motifs is 1. The highest BCUT2D eigenvalue weighted by atomic mass is 35.5. The number of rotatable bonds is 4. The molecule has 1 amide bonds. The summed E-state index contributed by atoms with van der Waals surface area (Å²) < 4.78 is 5.90. The first-order chi connectivity index (χ1) is 12.0. The molecule has 0 saturated heterocycles. The van der Waals surface area contributed by atoms with Crippen molar-refractivity contribution in [2.75, 3.05) is 0 Å². The number of pyridine rings is 1. The highest BCUT2D eigenvalue weighted by molar-refractivity contribution is 6.35. The molecule has 1 aliphatic carbocycles. The van der Waals surface area contributed by atoms with Gasteiger partial charge in [-0.2, -0.15) is 0 Å². The third kappa shape index (κ3) is 3.02. The fourth-order valence-electron chi connectivity index (χ4n) is 3.17. The summed E-state index contributed by atoms with van der Waals surface area (Å²) in [5.74, 6) is 0.293. The maximum Gasteiger partial charge on any atom is 0.290 e. The predicted molar refractivity (Wildman–Crippen MR) is 97.8 cm³/mol. The summed E-state index contributed by atoms with van der Waals surface area (Å²) in [5.41, 5.74) is 3.36. The van der Waals surface area contributed by atoms with Gasteiger partial charge in [0.05, 0.1) is 17.3 Å². The van der Waals surface area contributed by atoms with Crippen LogP contribution in [0.2, 0.25) is 5.02 Å². The summed E-state index contributed by atoms with van der Waals surface area (Å²) in [4.78, 5) is 19.4. The topological polar surface area (TPSA) is 46.3 Å². The summed E-state index contributed by atoms with van der Waals surface area (Å²) >= 11 is 6.31. The Morgan fingerprint density at radius 1 is 1.32 bits per heavy atom. The lowest BCUT2D eigenvalue weighted by molar-refractivity contribution is 0.0696. The third-order valence-electron chi connectivity index (χ3n) is 4.64. The van der Waals surface area contributed by atoms with E-state index in [4.69, 9.17) is 16.0 Å². The molecule has 0 bridgehead atoms. The number of nitrogens with zero attached hydrogens (tertiary/aromatic N) is 2. The molecule has 0 spiro atoms. The second-order valence-corrected chi connectivity index (χ2v) is 7.07. The van der Waals surface area contributed by atoms with Gasteiger partial charge in [-0.3, -0.25) is 9.78 Å². The lowest BCUT2D eigenvalue weighted by atomic mass is 10.1. The number of furan rings is 1. The van der Waals surface area contributed by atoms with Crippen LogP contribution in [0.25, 0.3) is 11.0 Å². The molecule has 5 heteroatoms. The van der Waals surface area contributed by atoms with E-state index in [0.29, 0.717) is 22.9 Å². The van der Waals surface area contributed by atoms with Crippen molar-refractivity contribution in [3.8, 4) is 0 Å². The van der Waals surface area contributed by atoms with Gasteiger partial charge in [-0.25, -0.2) is 0 Å². The lowest BCUT2D eigenvalue weighted by Crippen LogP contribution is -2.33. The van der Waals surface area contributed by atoms with Crippen LogP contribution in [0.15, 0.2) is 40.9 Å². The van der Waals surface area contributed by atoms with Crippen molar-refractivity contribution in [2.24, 2.45) is 0 Å². The van der Waals surface area contributed by atoms with Crippen LogP contribution >= 0.6 is 11.6 Å². The van der Waals surface area contributed by atoms with Crippen LogP contribution in [0.5, 0.6) is 0 Å². The van der Waals surface area contributed by atoms with Crippen molar-refractivity contribution >= 4 is 28.5 Å². The van der Waals surface area contributed by atoms with Gasteiger partial charge in [-0.15, -0.1) is 0 Å². The van der Waals surface area contributed by atoms with Gasteiger partial charge in [0, 0.05) is 23.2 Å². The predicted octanol–water partition coefficient (Wildman–Crippen LogP) is 4.90. The van der Waals surface area contributed by atoms with Gasteiger partial charge < -0.3 is 9.32 Å². The van der Waals surface area contributed by atoms with Gasteiger partial charge in [0.2, 0.25) is 0 Å². The summed E-state index contributed by atoms with van der Waals surface area (Å²) in [6, 6.07) is 9.88.